The van der Waals surface area contributed by atoms with Crippen molar-refractivity contribution in [2.75, 3.05) is 18.0 Å². The van der Waals surface area contributed by atoms with Crippen molar-refractivity contribution in [2.24, 2.45) is 0 Å². The van der Waals surface area contributed by atoms with Gasteiger partial charge in [-0.2, -0.15) is 0 Å². The smallest absolute Gasteiger partial charge is 0.264 e. The molecule has 0 unspecified atom stereocenters. The molecule has 0 saturated heterocycles. The molecule has 0 aromatic heterocycles. The maximum Gasteiger partial charge on any atom is 0.264 e. The van der Waals surface area contributed by atoms with Gasteiger partial charge in [-0.1, -0.05) is 48.4 Å². The average molecular weight is 586 g/mol. The monoisotopic (exact) mass is 585 g/mol. The van der Waals surface area contributed by atoms with Crippen LogP contribution < -0.4 is 14.4 Å². The van der Waals surface area contributed by atoms with E-state index < -0.39 is 28.5 Å². The van der Waals surface area contributed by atoms with Crippen molar-refractivity contribution in [2.45, 2.75) is 57.6 Å². The first-order valence-corrected chi connectivity index (χ1v) is 14.9. The minimum Gasteiger partial charge on any atom is -0.497 e. The minimum absolute atomic E-state index is 0.00845. The van der Waals surface area contributed by atoms with Gasteiger partial charge in [0, 0.05) is 17.6 Å². The second kappa shape index (κ2) is 13.7. The van der Waals surface area contributed by atoms with E-state index in [9.17, 15) is 18.0 Å². The van der Waals surface area contributed by atoms with Crippen LogP contribution in [0.25, 0.3) is 0 Å². The summed E-state index contributed by atoms with van der Waals surface area (Å²) in [4.78, 5) is 28.7. The third-order valence-corrected chi connectivity index (χ3v) is 8.33. The number of halogens is 1. The van der Waals surface area contributed by atoms with E-state index >= 15 is 0 Å². The summed E-state index contributed by atoms with van der Waals surface area (Å²) in [5.41, 5.74) is 2.11. The molecule has 0 aliphatic carbocycles. The Morgan fingerprint density at radius 1 is 1.00 bits per heavy atom. The molecule has 214 valence electrons. The highest BCUT2D eigenvalue weighted by molar-refractivity contribution is 7.92. The van der Waals surface area contributed by atoms with Crippen LogP contribution in [0.3, 0.4) is 0 Å². The maximum atomic E-state index is 14.0. The Morgan fingerprint density at radius 2 is 1.65 bits per heavy atom. The number of ether oxygens (including phenoxy) is 1. The van der Waals surface area contributed by atoms with Crippen LogP contribution in [0, 0.1) is 6.92 Å². The number of methoxy groups -OCH3 is 1. The lowest BCUT2D eigenvalue weighted by atomic mass is 10.1. The quantitative estimate of drug-likeness (QED) is 0.316. The molecule has 3 rings (SSSR count). The first kappa shape index (κ1) is 31.0. The van der Waals surface area contributed by atoms with Crippen molar-refractivity contribution in [3.63, 3.8) is 0 Å². The van der Waals surface area contributed by atoms with Crippen LogP contribution in [0.1, 0.15) is 38.3 Å². The van der Waals surface area contributed by atoms with Crippen LogP contribution in [-0.4, -0.2) is 50.9 Å². The summed E-state index contributed by atoms with van der Waals surface area (Å²) < 4.78 is 34.0. The van der Waals surface area contributed by atoms with Crippen LogP contribution in [0.5, 0.6) is 5.75 Å². The molecule has 0 heterocycles. The summed E-state index contributed by atoms with van der Waals surface area (Å²) in [7, 11) is -2.69. The van der Waals surface area contributed by atoms with Crippen molar-refractivity contribution in [1.82, 2.24) is 10.2 Å². The third-order valence-electron chi connectivity index (χ3n) is 6.29. The van der Waals surface area contributed by atoms with E-state index in [1.165, 1.54) is 24.1 Å². The standard InChI is InChI=1S/C30H36ClN3O5S/c1-6-28(30(36)32-21(2)3)33(19-23-9-7-8-22(4)18-23)29(35)20-34(25-12-10-24(31)11-13-25)40(37,38)27-16-14-26(39-5)15-17-27/h7-18,21,28H,6,19-20H2,1-5H3,(H,32,36)/t28-/m1/s1. The van der Waals surface area contributed by atoms with Gasteiger partial charge < -0.3 is 15.0 Å². The normalized spacial score (nSPS) is 12.1. The zero-order chi connectivity index (χ0) is 29.4. The van der Waals surface area contributed by atoms with Gasteiger partial charge in [-0.15, -0.1) is 0 Å². The highest BCUT2D eigenvalue weighted by Gasteiger charge is 2.34. The fourth-order valence-electron chi connectivity index (χ4n) is 4.32. The number of rotatable bonds is 12. The molecule has 0 saturated carbocycles. The first-order chi connectivity index (χ1) is 19.0. The lowest BCUT2D eigenvalue weighted by Crippen LogP contribution is -2.53. The van der Waals surface area contributed by atoms with E-state index in [0.717, 1.165) is 15.4 Å². The molecule has 8 nitrogen and oxygen atoms in total. The fourth-order valence-corrected chi connectivity index (χ4v) is 5.86. The molecule has 0 spiro atoms. The van der Waals surface area contributed by atoms with E-state index in [1.54, 1.807) is 36.4 Å². The Morgan fingerprint density at radius 3 is 2.20 bits per heavy atom. The number of hydrogen-bond acceptors (Lipinski definition) is 5. The Hall–Kier alpha value is -3.56. The van der Waals surface area contributed by atoms with E-state index in [0.29, 0.717) is 17.2 Å². The molecule has 0 aliphatic heterocycles. The van der Waals surface area contributed by atoms with Gasteiger partial charge in [0.1, 0.15) is 18.3 Å². The van der Waals surface area contributed by atoms with Gasteiger partial charge in [0.2, 0.25) is 11.8 Å². The summed E-state index contributed by atoms with van der Waals surface area (Å²) >= 11 is 6.08. The highest BCUT2D eigenvalue weighted by Crippen LogP contribution is 2.27. The van der Waals surface area contributed by atoms with Crippen molar-refractivity contribution in [3.8, 4) is 5.75 Å². The molecule has 0 radical (unpaired) electrons. The molecule has 2 amide bonds. The van der Waals surface area contributed by atoms with Gasteiger partial charge in [-0.3, -0.25) is 13.9 Å². The van der Waals surface area contributed by atoms with Gasteiger partial charge in [0.25, 0.3) is 10.0 Å². The van der Waals surface area contributed by atoms with Gasteiger partial charge in [-0.05, 0) is 81.3 Å². The SMILES string of the molecule is CC[C@H](C(=O)NC(C)C)N(Cc1cccc(C)c1)C(=O)CN(c1ccc(Cl)cc1)S(=O)(=O)c1ccc(OC)cc1. The van der Waals surface area contributed by atoms with Crippen molar-refractivity contribution < 1.29 is 22.7 Å². The molecule has 0 fully saturated rings. The lowest BCUT2D eigenvalue weighted by molar-refractivity contribution is -0.140. The van der Waals surface area contributed by atoms with Crippen LogP contribution >= 0.6 is 11.6 Å². The summed E-state index contributed by atoms with van der Waals surface area (Å²) in [6.07, 6.45) is 0.349. The summed E-state index contributed by atoms with van der Waals surface area (Å²) in [5.74, 6) is -0.312. The highest BCUT2D eigenvalue weighted by atomic mass is 35.5. The second-order valence-electron chi connectivity index (χ2n) is 9.76. The third kappa shape index (κ3) is 7.76. The number of aryl methyl sites for hydroxylation is 1. The molecule has 0 aliphatic rings. The molecule has 0 bridgehead atoms. The summed E-state index contributed by atoms with van der Waals surface area (Å²) in [6.45, 7) is 7.09. The Kier molecular flexibility index (Phi) is 10.6. The van der Waals surface area contributed by atoms with E-state index in [-0.39, 0.29) is 29.1 Å². The predicted molar refractivity (Wildman–Crippen MR) is 158 cm³/mol. The number of amides is 2. The fraction of sp³-hybridized carbons (Fsp3) is 0.333. The summed E-state index contributed by atoms with van der Waals surface area (Å²) in [6, 6.07) is 18.9. The van der Waals surface area contributed by atoms with Crippen LogP contribution in [0.15, 0.2) is 77.7 Å². The number of nitrogens with one attached hydrogen (secondary N) is 1. The van der Waals surface area contributed by atoms with Crippen molar-refractivity contribution in [1.29, 1.82) is 0 Å². The van der Waals surface area contributed by atoms with Crippen LogP contribution in [-0.2, 0) is 26.2 Å². The molecular weight excluding hydrogens is 550 g/mol. The molecule has 1 N–H and O–H groups in total. The average Bonchev–Trinajstić information content (AvgIpc) is 2.91. The Bertz CT molecular complexity index is 1410. The zero-order valence-corrected chi connectivity index (χ0v) is 25.0. The van der Waals surface area contributed by atoms with Crippen molar-refractivity contribution >= 4 is 39.1 Å². The van der Waals surface area contributed by atoms with Crippen molar-refractivity contribution in [3.05, 3.63) is 88.9 Å². The Labute approximate surface area is 241 Å². The number of benzene rings is 3. The molecule has 1 atom stereocenters. The number of nitrogens with zero attached hydrogens (tertiary/aromatic N) is 2. The van der Waals surface area contributed by atoms with Gasteiger partial charge >= 0.3 is 0 Å². The number of sulfonamides is 1. The molecule has 10 heteroatoms. The maximum absolute atomic E-state index is 14.0. The largest absolute Gasteiger partial charge is 0.497 e. The van der Waals surface area contributed by atoms with Gasteiger partial charge in [0.15, 0.2) is 0 Å². The number of carbonyl (C=O) groups is 2. The summed E-state index contributed by atoms with van der Waals surface area (Å²) in [5, 5.41) is 3.32. The first-order valence-electron chi connectivity index (χ1n) is 13.0. The predicted octanol–water partition coefficient (Wildman–Crippen LogP) is 5.18. The molecule has 3 aromatic rings. The second-order valence-corrected chi connectivity index (χ2v) is 12.1. The van der Waals surface area contributed by atoms with E-state index in [4.69, 9.17) is 16.3 Å². The number of carbonyl (C=O) groups excluding carboxylic acids is 2. The molecular formula is C30H36ClN3O5S. The Balaban J connectivity index is 2.06. The van der Waals surface area contributed by atoms with Gasteiger partial charge in [-0.25, -0.2) is 8.42 Å². The lowest BCUT2D eigenvalue weighted by Gasteiger charge is -2.33. The number of anilines is 1. The van der Waals surface area contributed by atoms with E-state index in [1.807, 2.05) is 52.0 Å². The minimum atomic E-state index is -4.19. The molecule has 40 heavy (non-hydrogen) atoms. The molecule has 3 aromatic carbocycles. The zero-order valence-electron chi connectivity index (χ0n) is 23.4. The van der Waals surface area contributed by atoms with E-state index in [2.05, 4.69) is 5.32 Å². The number of hydrogen-bond donors (Lipinski definition) is 1. The topological polar surface area (TPSA) is 96.0 Å². The van der Waals surface area contributed by atoms with Crippen LogP contribution in [0.4, 0.5) is 5.69 Å². The van der Waals surface area contributed by atoms with Gasteiger partial charge in [0.05, 0.1) is 17.7 Å². The van der Waals surface area contributed by atoms with Crippen LogP contribution in [0.2, 0.25) is 5.02 Å².